The van der Waals surface area contributed by atoms with E-state index < -0.39 is 6.04 Å². The number of aryl methyl sites for hydroxylation is 1. The molecule has 0 aliphatic carbocycles. The van der Waals surface area contributed by atoms with Crippen molar-refractivity contribution in [3.63, 3.8) is 0 Å². The summed E-state index contributed by atoms with van der Waals surface area (Å²) in [7, 11) is 0. The molecule has 0 radical (unpaired) electrons. The number of nitrogens with zero attached hydrogens (tertiary/aromatic N) is 2. The second kappa shape index (κ2) is 7.13. The van der Waals surface area contributed by atoms with E-state index in [4.69, 9.17) is 0 Å². The standard InChI is InChI=1S/C15H18N4O2S/c1-9(2)12(14(21)18-15-19-16-8-22-15)17-13(20)11-6-4-10(3)5-7-11/h4-9,12H,1-3H3,(H,17,20)(H,18,19,21)/t12-/m0/s1. The molecule has 0 fully saturated rings. The molecule has 0 aliphatic heterocycles. The molecule has 0 unspecified atom stereocenters. The minimum Gasteiger partial charge on any atom is -0.340 e. The van der Waals surface area contributed by atoms with E-state index in [1.807, 2.05) is 32.9 Å². The Bertz CT molecular complexity index is 638. The van der Waals surface area contributed by atoms with E-state index in [2.05, 4.69) is 20.8 Å². The van der Waals surface area contributed by atoms with Crippen LogP contribution < -0.4 is 10.6 Å². The van der Waals surface area contributed by atoms with Crippen molar-refractivity contribution in [3.05, 3.63) is 40.9 Å². The molecule has 0 saturated carbocycles. The van der Waals surface area contributed by atoms with E-state index in [-0.39, 0.29) is 17.7 Å². The van der Waals surface area contributed by atoms with Gasteiger partial charge in [-0.05, 0) is 25.0 Å². The summed E-state index contributed by atoms with van der Waals surface area (Å²) in [6, 6.07) is 6.56. The fourth-order valence-electron chi connectivity index (χ4n) is 1.88. The van der Waals surface area contributed by atoms with Crippen LogP contribution in [0.25, 0.3) is 0 Å². The summed E-state index contributed by atoms with van der Waals surface area (Å²) in [6.45, 7) is 5.70. The summed E-state index contributed by atoms with van der Waals surface area (Å²) in [5.41, 5.74) is 3.14. The lowest BCUT2D eigenvalue weighted by molar-refractivity contribution is -0.118. The second-order valence-corrected chi connectivity index (χ2v) is 6.13. The van der Waals surface area contributed by atoms with E-state index in [0.717, 1.165) is 5.56 Å². The number of aromatic nitrogens is 2. The van der Waals surface area contributed by atoms with Gasteiger partial charge in [0.2, 0.25) is 11.0 Å². The molecule has 22 heavy (non-hydrogen) atoms. The fraction of sp³-hybridized carbons (Fsp3) is 0.333. The Labute approximate surface area is 133 Å². The Kier molecular flexibility index (Phi) is 5.21. The van der Waals surface area contributed by atoms with Crippen molar-refractivity contribution >= 4 is 28.3 Å². The molecule has 2 rings (SSSR count). The summed E-state index contributed by atoms with van der Waals surface area (Å²) in [6.07, 6.45) is 0. The molecule has 116 valence electrons. The predicted octanol–water partition coefficient (Wildman–Crippen LogP) is 2.24. The molecule has 0 aliphatic rings. The van der Waals surface area contributed by atoms with Crippen molar-refractivity contribution < 1.29 is 9.59 Å². The molecule has 2 amide bonds. The highest BCUT2D eigenvalue weighted by atomic mass is 32.1. The lowest BCUT2D eigenvalue weighted by Crippen LogP contribution is -2.47. The number of amides is 2. The Hall–Kier alpha value is -2.28. The van der Waals surface area contributed by atoms with E-state index in [1.165, 1.54) is 16.8 Å². The quantitative estimate of drug-likeness (QED) is 0.885. The lowest BCUT2D eigenvalue weighted by Gasteiger charge is -2.21. The van der Waals surface area contributed by atoms with Gasteiger partial charge in [-0.1, -0.05) is 42.9 Å². The Morgan fingerprint density at radius 3 is 2.41 bits per heavy atom. The minimum atomic E-state index is -0.641. The maximum atomic E-state index is 12.3. The maximum Gasteiger partial charge on any atom is 0.251 e. The molecular formula is C15H18N4O2S. The van der Waals surface area contributed by atoms with Gasteiger partial charge in [0.1, 0.15) is 11.6 Å². The summed E-state index contributed by atoms with van der Waals surface area (Å²) in [5, 5.41) is 13.3. The Morgan fingerprint density at radius 1 is 1.18 bits per heavy atom. The highest BCUT2D eigenvalue weighted by Crippen LogP contribution is 2.12. The van der Waals surface area contributed by atoms with Crippen LogP contribution in [0.1, 0.15) is 29.8 Å². The third kappa shape index (κ3) is 4.11. The summed E-state index contributed by atoms with van der Waals surface area (Å²) >= 11 is 1.23. The Morgan fingerprint density at radius 2 is 1.86 bits per heavy atom. The molecule has 0 spiro atoms. The van der Waals surface area contributed by atoms with Crippen LogP contribution >= 0.6 is 11.3 Å². The number of hydrogen-bond acceptors (Lipinski definition) is 5. The van der Waals surface area contributed by atoms with Crippen LogP contribution in [-0.2, 0) is 4.79 Å². The van der Waals surface area contributed by atoms with Crippen LogP contribution in [0.2, 0.25) is 0 Å². The molecule has 2 N–H and O–H groups in total. The molecule has 1 aromatic heterocycles. The first kappa shape index (κ1) is 16.1. The zero-order valence-corrected chi connectivity index (χ0v) is 13.5. The topological polar surface area (TPSA) is 84.0 Å². The summed E-state index contributed by atoms with van der Waals surface area (Å²) < 4.78 is 0. The largest absolute Gasteiger partial charge is 0.340 e. The molecule has 1 atom stereocenters. The normalized spacial score (nSPS) is 12.0. The van der Waals surface area contributed by atoms with Crippen LogP contribution in [0.4, 0.5) is 5.13 Å². The number of rotatable bonds is 5. The van der Waals surface area contributed by atoms with Gasteiger partial charge < -0.3 is 5.32 Å². The van der Waals surface area contributed by atoms with Gasteiger partial charge in [-0.3, -0.25) is 14.9 Å². The van der Waals surface area contributed by atoms with Gasteiger partial charge >= 0.3 is 0 Å². The van der Waals surface area contributed by atoms with E-state index in [9.17, 15) is 9.59 Å². The van der Waals surface area contributed by atoms with Crippen molar-refractivity contribution in [3.8, 4) is 0 Å². The monoisotopic (exact) mass is 318 g/mol. The van der Waals surface area contributed by atoms with Crippen LogP contribution in [0.3, 0.4) is 0 Å². The summed E-state index contributed by atoms with van der Waals surface area (Å²) in [4.78, 5) is 24.5. The van der Waals surface area contributed by atoms with Gasteiger partial charge in [0, 0.05) is 5.56 Å². The average molecular weight is 318 g/mol. The van der Waals surface area contributed by atoms with Crippen molar-refractivity contribution in [1.29, 1.82) is 0 Å². The SMILES string of the molecule is Cc1ccc(C(=O)N[C@H](C(=O)Nc2nncs2)C(C)C)cc1. The highest BCUT2D eigenvalue weighted by Gasteiger charge is 2.25. The smallest absolute Gasteiger partial charge is 0.251 e. The summed E-state index contributed by atoms with van der Waals surface area (Å²) in [5.74, 6) is -0.624. The molecular weight excluding hydrogens is 300 g/mol. The number of hydrogen-bond donors (Lipinski definition) is 2. The first-order chi connectivity index (χ1) is 10.5. The zero-order chi connectivity index (χ0) is 16.1. The van der Waals surface area contributed by atoms with Gasteiger partial charge in [-0.25, -0.2) is 0 Å². The van der Waals surface area contributed by atoms with Gasteiger partial charge in [0.15, 0.2) is 0 Å². The van der Waals surface area contributed by atoms with Crippen LogP contribution in [0.5, 0.6) is 0 Å². The second-order valence-electron chi connectivity index (χ2n) is 5.29. The number of anilines is 1. The molecule has 1 aromatic carbocycles. The molecule has 1 heterocycles. The first-order valence-electron chi connectivity index (χ1n) is 6.92. The van der Waals surface area contributed by atoms with Gasteiger partial charge in [-0.2, -0.15) is 0 Å². The van der Waals surface area contributed by atoms with Gasteiger partial charge in [0.25, 0.3) is 5.91 Å². The number of carbonyl (C=O) groups is 2. The van der Waals surface area contributed by atoms with Crippen LogP contribution in [0.15, 0.2) is 29.8 Å². The third-order valence-electron chi connectivity index (χ3n) is 3.14. The van der Waals surface area contributed by atoms with Crippen molar-refractivity contribution in [2.24, 2.45) is 5.92 Å². The number of carbonyl (C=O) groups excluding carboxylic acids is 2. The number of benzene rings is 1. The molecule has 0 saturated heterocycles. The van der Waals surface area contributed by atoms with Crippen molar-refractivity contribution in [2.75, 3.05) is 5.32 Å². The molecule has 2 aromatic rings. The molecule has 0 bridgehead atoms. The number of nitrogens with one attached hydrogen (secondary N) is 2. The Balaban J connectivity index is 2.06. The average Bonchev–Trinajstić information content (AvgIpc) is 2.97. The van der Waals surface area contributed by atoms with Crippen LogP contribution in [-0.4, -0.2) is 28.1 Å². The molecule has 6 nitrogen and oxygen atoms in total. The third-order valence-corrected chi connectivity index (χ3v) is 3.75. The minimum absolute atomic E-state index is 0.0534. The zero-order valence-electron chi connectivity index (χ0n) is 12.7. The fourth-order valence-corrected chi connectivity index (χ4v) is 2.32. The van der Waals surface area contributed by atoms with Gasteiger partial charge in [0.05, 0.1) is 0 Å². The van der Waals surface area contributed by atoms with E-state index in [1.54, 1.807) is 12.1 Å². The maximum absolute atomic E-state index is 12.3. The lowest BCUT2D eigenvalue weighted by atomic mass is 10.0. The van der Waals surface area contributed by atoms with Gasteiger partial charge in [-0.15, -0.1) is 10.2 Å². The molecule has 7 heteroatoms. The van der Waals surface area contributed by atoms with Crippen molar-refractivity contribution in [1.82, 2.24) is 15.5 Å². The van der Waals surface area contributed by atoms with E-state index in [0.29, 0.717) is 10.7 Å². The first-order valence-corrected chi connectivity index (χ1v) is 7.80. The predicted molar refractivity (Wildman–Crippen MR) is 85.8 cm³/mol. The highest BCUT2D eigenvalue weighted by molar-refractivity contribution is 7.13. The van der Waals surface area contributed by atoms with Crippen molar-refractivity contribution in [2.45, 2.75) is 26.8 Å². The van der Waals surface area contributed by atoms with E-state index >= 15 is 0 Å². The van der Waals surface area contributed by atoms with Crippen LogP contribution in [0, 0.1) is 12.8 Å².